The molecule has 1 aromatic rings. The van der Waals surface area contributed by atoms with Crippen LogP contribution in [0.1, 0.15) is 24.0 Å². The summed E-state index contributed by atoms with van der Waals surface area (Å²) in [7, 11) is -2.25. The summed E-state index contributed by atoms with van der Waals surface area (Å²) in [5, 5.41) is 14.4. The van der Waals surface area contributed by atoms with E-state index in [0.29, 0.717) is 17.7 Å². The SMILES string of the molecule is COCC1(CNS(=O)(=O)c2cc([N+](=O)[O-])c(C)cc2C)CCNCC1.Cl. The minimum absolute atomic E-state index is 0. The van der Waals surface area contributed by atoms with Crippen molar-refractivity contribution in [3.8, 4) is 0 Å². The first-order valence-corrected chi connectivity index (χ1v) is 9.64. The predicted octanol–water partition coefficient (Wildman–Crippen LogP) is 1.93. The molecule has 26 heavy (non-hydrogen) atoms. The summed E-state index contributed by atoms with van der Waals surface area (Å²) in [4.78, 5) is 10.5. The number of aryl methyl sites for hydroxylation is 2. The van der Waals surface area contributed by atoms with Crippen molar-refractivity contribution in [1.29, 1.82) is 0 Å². The zero-order valence-electron chi connectivity index (χ0n) is 15.2. The van der Waals surface area contributed by atoms with Crippen molar-refractivity contribution >= 4 is 28.1 Å². The number of hydrogen-bond donors (Lipinski definition) is 2. The Balaban J connectivity index is 0.00000338. The van der Waals surface area contributed by atoms with Crippen molar-refractivity contribution in [3.05, 3.63) is 33.4 Å². The van der Waals surface area contributed by atoms with Crippen LogP contribution in [0, 0.1) is 29.4 Å². The Morgan fingerprint density at radius 3 is 2.42 bits per heavy atom. The van der Waals surface area contributed by atoms with Crippen molar-refractivity contribution in [1.82, 2.24) is 10.0 Å². The molecule has 0 saturated carbocycles. The van der Waals surface area contributed by atoms with E-state index in [1.165, 1.54) is 6.07 Å². The lowest BCUT2D eigenvalue weighted by Gasteiger charge is -2.37. The minimum Gasteiger partial charge on any atom is -0.384 e. The summed E-state index contributed by atoms with van der Waals surface area (Å²) in [6, 6.07) is 2.67. The maximum Gasteiger partial charge on any atom is 0.273 e. The lowest BCUT2D eigenvalue weighted by Crippen LogP contribution is -2.47. The van der Waals surface area contributed by atoms with Crippen LogP contribution >= 0.6 is 12.4 Å². The smallest absolute Gasteiger partial charge is 0.273 e. The highest BCUT2D eigenvalue weighted by Crippen LogP contribution is 2.30. The number of piperidine rings is 1. The Bertz CT molecular complexity index is 743. The van der Waals surface area contributed by atoms with Crippen molar-refractivity contribution in [3.63, 3.8) is 0 Å². The summed E-state index contributed by atoms with van der Waals surface area (Å²) in [5.74, 6) is 0. The normalized spacial score (nSPS) is 16.7. The summed E-state index contributed by atoms with van der Waals surface area (Å²) < 4.78 is 33.4. The van der Waals surface area contributed by atoms with E-state index < -0.39 is 14.9 Å². The fourth-order valence-corrected chi connectivity index (χ4v) is 4.67. The second kappa shape index (κ2) is 9.09. The molecular formula is C16H26ClN3O5S. The Morgan fingerprint density at radius 2 is 1.88 bits per heavy atom. The van der Waals surface area contributed by atoms with E-state index in [2.05, 4.69) is 10.0 Å². The van der Waals surface area contributed by atoms with Gasteiger partial charge in [0.15, 0.2) is 0 Å². The lowest BCUT2D eigenvalue weighted by atomic mass is 9.80. The topological polar surface area (TPSA) is 111 Å². The van der Waals surface area contributed by atoms with Crippen molar-refractivity contribution in [2.45, 2.75) is 31.6 Å². The van der Waals surface area contributed by atoms with Crippen LogP contribution in [0.5, 0.6) is 0 Å². The summed E-state index contributed by atoms with van der Waals surface area (Å²) in [6.07, 6.45) is 1.60. The second-order valence-corrected chi connectivity index (χ2v) is 8.40. The van der Waals surface area contributed by atoms with Gasteiger partial charge in [-0.05, 0) is 51.4 Å². The van der Waals surface area contributed by atoms with Gasteiger partial charge in [0.1, 0.15) is 0 Å². The van der Waals surface area contributed by atoms with Gasteiger partial charge in [-0.15, -0.1) is 12.4 Å². The Kier molecular flexibility index (Phi) is 7.97. The summed E-state index contributed by atoms with van der Waals surface area (Å²) in [6.45, 7) is 5.55. The maximum absolute atomic E-state index is 12.7. The van der Waals surface area contributed by atoms with Crippen LogP contribution in [0.3, 0.4) is 0 Å². The first-order valence-electron chi connectivity index (χ1n) is 8.16. The highest BCUT2D eigenvalue weighted by atomic mass is 35.5. The van der Waals surface area contributed by atoms with Gasteiger partial charge in [-0.1, -0.05) is 0 Å². The number of sulfonamides is 1. The van der Waals surface area contributed by atoms with Crippen LogP contribution in [-0.4, -0.2) is 46.7 Å². The molecule has 148 valence electrons. The molecule has 0 amide bonds. The van der Waals surface area contributed by atoms with E-state index in [9.17, 15) is 18.5 Å². The highest BCUT2D eigenvalue weighted by molar-refractivity contribution is 7.89. The summed E-state index contributed by atoms with van der Waals surface area (Å²) in [5.41, 5.74) is 0.467. The Morgan fingerprint density at radius 1 is 1.27 bits per heavy atom. The Labute approximate surface area is 160 Å². The van der Waals surface area contributed by atoms with Crippen molar-refractivity contribution < 1.29 is 18.1 Å². The van der Waals surface area contributed by atoms with Crippen LogP contribution in [0.25, 0.3) is 0 Å². The number of nitrogens with one attached hydrogen (secondary N) is 2. The fraction of sp³-hybridized carbons (Fsp3) is 0.625. The molecule has 0 spiro atoms. The van der Waals surface area contributed by atoms with E-state index in [-0.39, 0.29) is 34.9 Å². The number of benzene rings is 1. The van der Waals surface area contributed by atoms with E-state index >= 15 is 0 Å². The number of halogens is 1. The van der Waals surface area contributed by atoms with Crippen LogP contribution in [0.4, 0.5) is 5.69 Å². The zero-order valence-corrected chi connectivity index (χ0v) is 16.8. The zero-order chi connectivity index (χ0) is 18.7. The molecule has 1 aromatic carbocycles. The van der Waals surface area contributed by atoms with Gasteiger partial charge in [-0.3, -0.25) is 10.1 Å². The predicted molar refractivity (Wildman–Crippen MR) is 101 cm³/mol. The molecule has 0 bridgehead atoms. The van der Waals surface area contributed by atoms with E-state index in [1.54, 1.807) is 21.0 Å². The van der Waals surface area contributed by atoms with Gasteiger partial charge in [0, 0.05) is 30.7 Å². The average molecular weight is 408 g/mol. The second-order valence-electron chi connectivity index (χ2n) is 6.67. The first-order chi connectivity index (χ1) is 11.7. The molecule has 1 saturated heterocycles. The highest BCUT2D eigenvalue weighted by Gasteiger charge is 2.34. The van der Waals surface area contributed by atoms with Crippen LogP contribution < -0.4 is 10.0 Å². The summed E-state index contributed by atoms with van der Waals surface area (Å²) >= 11 is 0. The van der Waals surface area contributed by atoms with E-state index in [0.717, 1.165) is 32.0 Å². The van der Waals surface area contributed by atoms with E-state index in [4.69, 9.17) is 4.74 Å². The third kappa shape index (κ3) is 5.14. The molecule has 10 heteroatoms. The van der Waals surface area contributed by atoms with Gasteiger partial charge < -0.3 is 10.1 Å². The number of methoxy groups -OCH3 is 1. The molecule has 8 nitrogen and oxygen atoms in total. The van der Waals surface area contributed by atoms with Gasteiger partial charge in [-0.2, -0.15) is 0 Å². The van der Waals surface area contributed by atoms with Crippen LogP contribution in [0.2, 0.25) is 0 Å². The maximum atomic E-state index is 12.7. The van der Waals surface area contributed by atoms with Gasteiger partial charge in [0.05, 0.1) is 16.4 Å². The van der Waals surface area contributed by atoms with Gasteiger partial charge >= 0.3 is 0 Å². The molecule has 0 atom stereocenters. The lowest BCUT2D eigenvalue weighted by molar-refractivity contribution is -0.385. The quantitative estimate of drug-likeness (QED) is 0.527. The average Bonchev–Trinajstić information content (AvgIpc) is 2.54. The molecule has 0 unspecified atom stereocenters. The van der Waals surface area contributed by atoms with Crippen LogP contribution in [0.15, 0.2) is 17.0 Å². The van der Waals surface area contributed by atoms with E-state index in [1.807, 2.05) is 0 Å². The molecule has 2 rings (SSSR count). The molecule has 1 aliphatic rings. The molecule has 0 radical (unpaired) electrons. The van der Waals surface area contributed by atoms with Gasteiger partial charge in [0.2, 0.25) is 10.0 Å². The molecule has 0 aromatic heterocycles. The van der Waals surface area contributed by atoms with Gasteiger partial charge in [0.25, 0.3) is 5.69 Å². The number of nitrogens with zero attached hydrogens (tertiary/aromatic N) is 1. The van der Waals surface area contributed by atoms with Gasteiger partial charge in [-0.25, -0.2) is 13.1 Å². The molecule has 2 N–H and O–H groups in total. The van der Waals surface area contributed by atoms with Crippen molar-refractivity contribution in [2.75, 3.05) is 33.4 Å². The number of hydrogen-bond acceptors (Lipinski definition) is 6. The third-order valence-corrected chi connectivity index (χ3v) is 6.27. The molecule has 0 aliphatic carbocycles. The largest absolute Gasteiger partial charge is 0.384 e. The number of nitro groups is 1. The van der Waals surface area contributed by atoms with Crippen molar-refractivity contribution in [2.24, 2.45) is 5.41 Å². The molecular weight excluding hydrogens is 382 g/mol. The molecule has 1 heterocycles. The monoisotopic (exact) mass is 407 g/mol. The first kappa shape index (κ1) is 22.8. The number of ether oxygens (including phenoxy) is 1. The Hall–Kier alpha value is -1.26. The van der Waals surface area contributed by atoms with Crippen LogP contribution in [-0.2, 0) is 14.8 Å². The third-order valence-electron chi connectivity index (χ3n) is 4.73. The molecule has 1 fully saturated rings. The minimum atomic E-state index is -3.85. The number of nitro benzene ring substituents is 1. The molecule has 1 aliphatic heterocycles. The number of rotatable bonds is 7. The fourth-order valence-electron chi connectivity index (χ4n) is 3.27. The standard InChI is InChI=1S/C16H25N3O5S.ClH/c1-12-8-13(2)15(9-14(12)19(20)21)25(22,23)18-10-16(11-24-3)4-6-17-7-5-16;/h8-9,17-18H,4-7,10-11H2,1-3H3;1H.